The summed E-state index contributed by atoms with van der Waals surface area (Å²) in [6.07, 6.45) is 2.12. The van der Waals surface area contributed by atoms with Crippen molar-refractivity contribution in [2.75, 3.05) is 0 Å². The van der Waals surface area contributed by atoms with Crippen LogP contribution in [-0.2, 0) is 6.42 Å². The van der Waals surface area contributed by atoms with Gasteiger partial charge in [0.1, 0.15) is 11.6 Å². The van der Waals surface area contributed by atoms with Crippen LogP contribution in [0, 0.1) is 12.7 Å². The molecule has 3 nitrogen and oxygen atoms in total. The lowest BCUT2D eigenvalue weighted by Crippen LogP contribution is -2.10. The zero-order valence-electron chi connectivity index (χ0n) is 10.5. The summed E-state index contributed by atoms with van der Waals surface area (Å²) in [6, 6.07) is 6.57. The zero-order valence-corrected chi connectivity index (χ0v) is 10.5. The van der Waals surface area contributed by atoms with Crippen LogP contribution < -0.4 is 5.73 Å². The van der Waals surface area contributed by atoms with E-state index in [-0.39, 0.29) is 11.9 Å². The van der Waals surface area contributed by atoms with Gasteiger partial charge in [-0.3, -0.25) is 0 Å². The van der Waals surface area contributed by atoms with Crippen LogP contribution >= 0.6 is 0 Å². The molecule has 0 aliphatic heterocycles. The quantitative estimate of drug-likeness (QED) is 0.904. The van der Waals surface area contributed by atoms with Crippen molar-refractivity contribution < 1.29 is 4.39 Å². The topological polar surface area (TPSA) is 51.8 Å². The highest BCUT2D eigenvalue weighted by atomic mass is 19.1. The molecule has 18 heavy (non-hydrogen) atoms. The van der Waals surface area contributed by atoms with Crippen LogP contribution in [0.15, 0.2) is 30.5 Å². The Morgan fingerprint density at radius 3 is 2.67 bits per heavy atom. The minimum atomic E-state index is -0.227. The number of nitrogens with zero attached hydrogens (tertiary/aromatic N) is 2. The Balaban J connectivity index is 2.26. The van der Waals surface area contributed by atoms with Gasteiger partial charge < -0.3 is 5.73 Å². The SMILES string of the molecule is Cc1nc(Cc2ccccc2F)ncc1C(C)N. The fraction of sp³-hybridized carbons (Fsp3) is 0.286. The normalized spacial score (nSPS) is 12.4. The predicted molar refractivity (Wildman–Crippen MR) is 68.6 cm³/mol. The summed E-state index contributed by atoms with van der Waals surface area (Å²) >= 11 is 0. The number of nitrogens with two attached hydrogens (primary N) is 1. The summed E-state index contributed by atoms with van der Waals surface area (Å²) in [4.78, 5) is 8.61. The highest BCUT2D eigenvalue weighted by Crippen LogP contribution is 2.14. The molecule has 0 radical (unpaired) electrons. The number of benzene rings is 1. The number of hydrogen-bond acceptors (Lipinski definition) is 3. The maximum Gasteiger partial charge on any atom is 0.133 e. The molecule has 0 spiro atoms. The van der Waals surface area contributed by atoms with Gasteiger partial charge in [-0.1, -0.05) is 18.2 Å². The summed E-state index contributed by atoms with van der Waals surface area (Å²) in [6.45, 7) is 3.79. The summed E-state index contributed by atoms with van der Waals surface area (Å²) in [5.74, 6) is 0.386. The number of aryl methyl sites for hydroxylation is 1. The Hall–Kier alpha value is -1.81. The second-order valence-electron chi connectivity index (χ2n) is 4.38. The Morgan fingerprint density at radius 2 is 2.06 bits per heavy atom. The van der Waals surface area contributed by atoms with E-state index in [0.717, 1.165) is 11.3 Å². The first kappa shape index (κ1) is 12.6. The first-order chi connectivity index (χ1) is 8.58. The van der Waals surface area contributed by atoms with Crippen molar-refractivity contribution in [2.45, 2.75) is 26.3 Å². The largest absolute Gasteiger partial charge is 0.324 e. The molecular formula is C14H16FN3. The molecule has 0 aliphatic rings. The van der Waals surface area contributed by atoms with Gasteiger partial charge in [-0.2, -0.15) is 0 Å². The van der Waals surface area contributed by atoms with Gasteiger partial charge in [0.15, 0.2) is 0 Å². The predicted octanol–water partition coefficient (Wildman–Crippen LogP) is 2.53. The van der Waals surface area contributed by atoms with E-state index in [9.17, 15) is 4.39 Å². The van der Waals surface area contributed by atoms with E-state index in [1.165, 1.54) is 6.07 Å². The van der Waals surface area contributed by atoms with Gasteiger partial charge in [0, 0.05) is 29.9 Å². The molecule has 2 aromatic rings. The molecule has 4 heteroatoms. The van der Waals surface area contributed by atoms with Gasteiger partial charge >= 0.3 is 0 Å². The molecule has 0 aliphatic carbocycles. The zero-order chi connectivity index (χ0) is 13.1. The first-order valence-electron chi connectivity index (χ1n) is 5.89. The molecule has 0 saturated carbocycles. The first-order valence-corrected chi connectivity index (χ1v) is 5.89. The average Bonchev–Trinajstić information content (AvgIpc) is 2.32. The van der Waals surface area contributed by atoms with Crippen molar-refractivity contribution in [1.82, 2.24) is 9.97 Å². The fourth-order valence-electron chi connectivity index (χ4n) is 1.87. The van der Waals surface area contributed by atoms with E-state index in [2.05, 4.69) is 9.97 Å². The maximum absolute atomic E-state index is 13.5. The van der Waals surface area contributed by atoms with Crippen molar-refractivity contribution in [2.24, 2.45) is 5.73 Å². The third kappa shape index (κ3) is 2.71. The van der Waals surface area contributed by atoms with E-state index in [1.807, 2.05) is 19.9 Å². The molecule has 2 rings (SSSR count). The lowest BCUT2D eigenvalue weighted by atomic mass is 10.1. The van der Waals surface area contributed by atoms with Crippen molar-refractivity contribution in [1.29, 1.82) is 0 Å². The molecule has 0 fully saturated rings. The Labute approximate surface area is 106 Å². The highest BCUT2D eigenvalue weighted by Gasteiger charge is 2.09. The Kier molecular flexibility index (Phi) is 3.67. The molecule has 0 saturated heterocycles. The van der Waals surface area contributed by atoms with Crippen LogP contribution in [0.5, 0.6) is 0 Å². The second-order valence-corrected chi connectivity index (χ2v) is 4.38. The van der Waals surface area contributed by atoms with Crippen LogP contribution in [0.25, 0.3) is 0 Å². The standard InChI is InChI=1S/C14H16FN3/c1-9(16)12-8-17-14(18-10(12)2)7-11-5-3-4-6-13(11)15/h3-6,8-9H,7,16H2,1-2H3. The Morgan fingerprint density at radius 1 is 1.33 bits per heavy atom. The van der Waals surface area contributed by atoms with E-state index in [1.54, 1.807) is 18.3 Å². The third-order valence-corrected chi connectivity index (χ3v) is 2.86. The molecular weight excluding hydrogens is 229 g/mol. The molecule has 1 aromatic carbocycles. The van der Waals surface area contributed by atoms with Gasteiger partial charge in [0.25, 0.3) is 0 Å². The second kappa shape index (κ2) is 5.23. The minimum absolute atomic E-state index is 0.0903. The lowest BCUT2D eigenvalue weighted by molar-refractivity contribution is 0.611. The number of aromatic nitrogens is 2. The van der Waals surface area contributed by atoms with E-state index < -0.39 is 0 Å². The van der Waals surface area contributed by atoms with Crippen LogP contribution in [0.3, 0.4) is 0 Å². The smallest absolute Gasteiger partial charge is 0.133 e. The van der Waals surface area contributed by atoms with Crippen LogP contribution in [0.4, 0.5) is 4.39 Å². The van der Waals surface area contributed by atoms with E-state index in [0.29, 0.717) is 17.8 Å². The van der Waals surface area contributed by atoms with Crippen LogP contribution in [0.1, 0.15) is 35.6 Å². The number of halogens is 1. The molecule has 1 atom stereocenters. The minimum Gasteiger partial charge on any atom is -0.324 e. The Bertz CT molecular complexity index is 552. The maximum atomic E-state index is 13.5. The van der Waals surface area contributed by atoms with Crippen molar-refractivity contribution in [3.63, 3.8) is 0 Å². The third-order valence-electron chi connectivity index (χ3n) is 2.86. The molecule has 0 bridgehead atoms. The monoisotopic (exact) mass is 245 g/mol. The number of rotatable bonds is 3. The van der Waals surface area contributed by atoms with Gasteiger partial charge in [-0.05, 0) is 25.5 Å². The molecule has 0 amide bonds. The van der Waals surface area contributed by atoms with Crippen molar-refractivity contribution in [3.8, 4) is 0 Å². The summed E-state index contributed by atoms with van der Waals surface area (Å²) in [7, 11) is 0. The van der Waals surface area contributed by atoms with Gasteiger partial charge in [-0.25, -0.2) is 14.4 Å². The van der Waals surface area contributed by atoms with E-state index in [4.69, 9.17) is 5.73 Å². The highest BCUT2D eigenvalue weighted by molar-refractivity contribution is 5.24. The van der Waals surface area contributed by atoms with Crippen LogP contribution in [-0.4, -0.2) is 9.97 Å². The van der Waals surface area contributed by atoms with Gasteiger partial charge in [-0.15, -0.1) is 0 Å². The molecule has 1 aromatic heterocycles. The fourth-order valence-corrected chi connectivity index (χ4v) is 1.87. The summed E-state index contributed by atoms with van der Waals surface area (Å²) in [5, 5.41) is 0. The number of hydrogen-bond donors (Lipinski definition) is 1. The average molecular weight is 245 g/mol. The van der Waals surface area contributed by atoms with E-state index >= 15 is 0 Å². The molecule has 2 N–H and O–H groups in total. The van der Waals surface area contributed by atoms with Crippen molar-refractivity contribution >= 4 is 0 Å². The molecule has 94 valence electrons. The van der Waals surface area contributed by atoms with Gasteiger partial charge in [0.2, 0.25) is 0 Å². The lowest BCUT2D eigenvalue weighted by Gasteiger charge is -2.10. The molecule has 1 unspecified atom stereocenters. The summed E-state index contributed by atoms with van der Waals surface area (Å²) in [5.41, 5.74) is 8.18. The van der Waals surface area contributed by atoms with Crippen molar-refractivity contribution in [3.05, 3.63) is 58.9 Å². The molecule has 1 heterocycles. The van der Waals surface area contributed by atoms with Gasteiger partial charge in [0.05, 0.1) is 0 Å². The summed E-state index contributed by atoms with van der Waals surface area (Å²) < 4.78 is 13.5. The van der Waals surface area contributed by atoms with Crippen LogP contribution in [0.2, 0.25) is 0 Å².